The summed E-state index contributed by atoms with van der Waals surface area (Å²) in [5, 5.41) is 8.98. The number of rotatable bonds is 5. The van der Waals surface area contributed by atoms with Gasteiger partial charge in [0, 0.05) is 12.5 Å². The van der Waals surface area contributed by atoms with Gasteiger partial charge in [0.2, 0.25) is 11.8 Å². The smallest absolute Gasteiger partial charge is 0.418 e. The van der Waals surface area contributed by atoms with E-state index in [1.807, 2.05) is 13.8 Å². The molecule has 1 aromatic heterocycles. The summed E-state index contributed by atoms with van der Waals surface area (Å²) < 4.78 is 41.5. The molecule has 0 aromatic carbocycles. The monoisotopic (exact) mass is 372 g/mol. The maximum absolute atomic E-state index is 12.6. The molecule has 138 valence electrons. The largest absolute Gasteiger partial charge is 0.423 e. The molecule has 3 heterocycles. The quantitative estimate of drug-likeness (QED) is 0.773. The van der Waals surface area contributed by atoms with Crippen LogP contribution in [0.1, 0.15) is 63.3 Å². The first-order chi connectivity index (χ1) is 11.7. The van der Waals surface area contributed by atoms with E-state index in [2.05, 4.69) is 14.5 Å². The molecule has 2 aliphatic heterocycles. The van der Waals surface area contributed by atoms with Crippen molar-refractivity contribution in [3.05, 3.63) is 11.8 Å². The van der Waals surface area contributed by atoms with Crippen molar-refractivity contribution in [2.24, 2.45) is 5.41 Å². The van der Waals surface area contributed by atoms with Crippen LogP contribution in [0.3, 0.4) is 0 Å². The molecule has 1 spiro atoms. The van der Waals surface area contributed by atoms with E-state index in [0.29, 0.717) is 24.7 Å². The molecule has 1 aromatic rings. The second-order valence-corrected chi connectivity index (χ2v) is 8.15. The molecular formula is C14H20N4O6S. The van der Waals surface area contributed by atoms with Crippen LogP contribution in [0.25, 0.3) is 0 Å². The summed E-state index contributed by atoms with van der Waals surface area (Å²) in [6, 6.07) is -1.43. The van der Waals surface area contributed by atoms with E-state index >= 15 is 0 Å². The van der Waals surface area contributed by atoms with Crippen LogP contribution in [-0.2, 0) is 14.7 Å². The first-order valence-corrected chi connectivity index (χ1v) is 9.71. The normalized spacial score (nSPS) is 28.7. The second kappa shape index (κ2) is 5.39. The SMILES string of the molecule is CCC(C)c1nnc([C@@H]2CC3(CC3)[C@@H]3CN2C(=O)N3OS(=O)(=O)O)o1. The van der Waals surface area contributed by atoms with Gasteiger partial charge in [0.15, 0.2) is 0 Å². The Hall–Kier alpha value is -1.72. The minimum absolute atomic E-state index is 0.126. The summed E-state index contributed by atoms with van der Waals surface area (Å²) >= 11 is 0. The van der Waals surface area contributed by atoms with E-state index in [-0.39, 0.29) is 11.3 Å². The molecule has 3 aliphatic rings. The zero-order valence-corrected chi connectivity index (χ0v) is 14.8. The fraction of sp³-hybridized carbons (Fsp3) is 0.786. The van der Waals surface area contributed by atoms with Crippen molar-refractivity contribution in [2.45, 2.75) is 57.5 Å². The van der Waals surface area contributed by atoms with Crippen molar-refractivity contribution >= 4 is 16.4 Å². The minimum Gasteiger partial charge on any atom is -0.423 e. The summed E-state index contributed by atoms with van der Waals surface area (Å²) in [5.74, 6) is 1.02. The van der Waals surface area contributed by atoms with Crippen LogP contribution >= 0.6 is 0 Å². The lowest BCUT2D eigenvalue weighted by molar-refractivity contribution is -0.0530. The highest BCUT2D eigenvalue weighted by atomic mass is 32.3. The predicted octanol–water partition coefficient (Wildman–Crippen LogP) is 1.65. The topological polar surface area (TPSA) is 126 Å². The highest BCUT2D eigenvalue weighted by Crippen LogP contribution is 2.61. The lowest BCUT2D eigenvalue weighted by atomic mass is 9.85. The minimum atomic E-state index is -4.77. The fourth-order valence-corrected chi connectivity index (χ4v) is 4.16. The van der Waals surface area contributed by atoms with E-state index < -0.39 is 28.5 Å². The Morgan fingerprint density at radius 3 is 2.76 bits per heavy atom. The summed E-state index contributed by atoms with van der Waals surface area (Å²) in [6.07, 6.45) is 3.17. The van der Waals surface area contributed by atoms with Crippen molar-refractivity contribution in [3.8, 4) is 0 Å². The molecule has 11 heteroatoms. The Labute approximate surface area is 145 Å². The lowest BCUT2D eigenvalue weighted by Crippen LogP contribution is -2.43. The molecule has 1 unspecified atom stereocenters. The number of hydrogen-bond acceptors (Lipinski definition) is 7. The number of hydroxylamine groups is 2. The van der Waals surface area contributed by atoms with E-state index in [1.54, 1.807) is 0 Å². The van der Waals surface area contributed by atoms with Gasteiger partial charge in [-0.15, -0.1) is 14.5 Å². The van der Waals surface area contributed by atoms with Crippen molar-refractivity contribution < 1.29 is 26.5 Å². The zero-order valence-electron chi connectivity index (χ0n) is 14.0. The van der Waals surface area contributed by atoms with Gasteiger partial charge < -0.3 is 9.32 Å². The molecular weight excluding hydrogens is 352 g/mol. The van der Waals surface area contributed by atoms with Crippen molar-refractivity contribution in [1.82, 2.24) is 20.2 Å². The highest BCUT2D eigenvalue weighted by molar-refractivity contribution is 7.80. The standard InChI is InChI=1S/C14H20N4O6S/c1-3-8(2)11-15-16-12(23-11)9-6-14(4-5-14)10-7-17(9)13(19)18(10)24-25(20,21)22/h8-10H,3-7H2,1-2H3,(H,20,21,22)/t8?,9-,10-/m0/s1. The number of fused-ring (bicyclic) bond motifs is 3. The van der Waals surface area contributed by atoms with Gasteiger partial charge in [-0.1, -0.05) is 13.8 Å². The number of urea groups is 1. The van der Waals surface area contributed by atoms with Crippen molar-refractivity contribution in [2.75, 3.05) is 6.54 Å². The van der Waals surface area contributed by atoms with E-state index in [0.717, 1.165) is 24.3 Å². The van der Waals surface area contributed by atoms with Crippen LogP contribution in [-0.4, -0.2) is 51.7 Å². The number of nitrogens with zero attached hydrogens (tertiary/aromatic N) is 4. The van der Waals surface area contributed by atoms with Gasteiger partial charge in [-0.3, -0.25) is 4.55 Å². The predicted molar refractivity (Wildman–Crippen MR) is 82.4 cm³/mol. The molecule has 4 rings (SSSR count). The van der Waals surface area contributed by atoms with Crippen LogP contribution in [0.5, 0.6) is 0 Å². The number of carbonyl (C=O) groups excluding carboxylic acids is 1. The first-order valence-electron chi connectivity index (χ1n) is 8.34. The maximum atomic E-state index is 12.6. The molecule has 3 atom stereocenters. The van der Waals surface area contributed by atoms with Gasteiger partial charge in [-0.25, -0.2) is 4.79 Å². The van der Waals surface area contributed by atoms with Gasteiger partial charge in [-0.05, 0) is 31.1 Å². The molecule has 3 fully saturated rings. The van der Waals surface area contributed by atoms with Gasteiger partial charge in [0.05, 0.1) is 6.04 Å². The molecule has 10 nitrogen and oxygen atoms in total. The van der Waals surface area contributed by atoms with Crippen LogP contribution < -0.4 is 0 Å². The Bertz CT molecular complexity index is 804. The Balaban J connectivity index is 1.64. The third kappa shape index (κ3) is 2.70. The number of hydrogen-bond donors (Lipinski definition) is 1. The van der Waals surface area contributed by atoms with Gasteiger partial charge in [-0.2, -0.15) is 13.5 Å². The summed E-state index contributed by atoms with van der Waals surface area (Å²) in [5.41, 5.74) is -0.233. The van der Waals surface area contributed by atoms with Gasteiger partial charge >= 0.3 is 16.4 Å². The molecule has 2 amide bonds. The molecule has 2 bridgehead atoms. The Morgan fingerprint density at radius 2 is 2.16 bits per heavy atom. The summed E-state index contributed by atoms with van der Waals surface area (Å²) in [6.45, 7) is 4.31. The zero-order chi connectivity index (χ0) is 18.0. The maximum Gasteiger partial charge on any atom is 0.418 e. The molecule has 0 radical (unpaired) electrons. The van der Waals surface area contributed by atoms with E-state index in [4.69, 9.17) is 8.97 Å². The van der Waals surface area contributed by atoms with E-state index in [1.165, 1.54) is 4.90 Å². The van der Waals surface area contributed by atoms with Gasteiger partial charge in [0.25, 0.3) is 0 Å². The third-order valence-electron chi connectivity index (χ3n) is 5.61. The highest BCUT2D eigenvalue weighted by Gasteiger charge is 2.64. The van der Waals surface area contributed by atoms with E-state index in [9.17, 15) is 13.2 Å². The molecule has 2 saturated heterocycles. The molecule has 1 saturated carbocycles. The number of aromatic nitrogens is 2. The molecule has 1 aliphatic carbocycles. The van der Waals surface area contributed by atoms with Crippen molar-refractivity contribution in [3.63, 3.8) is 0 Å². The van der Waals surface area contributed by atoms with Crippen LogP contribution in [0, 0.1) is 5.41 Å². The molecule has 25 heavy (non-hydrogen) atoms. The number of piperidine rings is 1. The van der Waals surface area contributed by atoms with Gasteiger partial charge in [0.1, 0.15) is 6.04 Å². The lowest BCUT2D eigenvalue weighted by Gasteiger charge is -2.34. The fourth-order valence-electron chi connectivity index (χ4n) is 3.79. The second-order valence-electron chi connectivity index (χ2n) is 7.15. The number of carbonyl (C=O) groups is 1. The average Bonchev–Trinajstić information content (AvgIpc) is 3.04. The molecule has 1 N–H and O–H groups in total. The number of amides is 2. The van der Waals surface area contributed by atoms with Crippen LogP contribution in [0.2, 0.25) is 0 Å². The van der Waals surface area contributed by atoms with Crippen LogP contribution in [0.4, 0.5) is 4.79 Å². The Morgan fingerprint density at radius 1 is 1.44 bits per heavy atom. The average molecular weight is 372 g/mol. The third-order valence-corrected chi connectivity index (χ3v) is 5.96. The summed E-state index contributed by atoms with van der Waals surface area (Å²) in [7, 11) is -4.77. The Kier molecular flexibility index (Phi) is 3.61. The van der Waals surface area contributed by atoms with Crippen LogP contribution in [0.15, 0.2) is 4.42 Å². The first kappa shape index (κ1) is 16.7. The van der Waals surface area contributed by atoms with Crippen molar-refractivity contribution in [1.29, 1.82) is 0 Å². The summed E-state index contributed by atoms with van der Waals surface area (Å²) in [4.78, 5) is 14.1.